The van der Waals surface area contributed by atoms with Crippen molar-refractivity contribution in [3.8, 4) is 0 Å². The van der Waals surface area contributed by atoms with Gasteiger partial charge in [-0.05, 0) is 23.8 Å². The molecule has 96 valence electrons. The molecule has 2 aromatic rings. The second-order valence-electron chi connectivity index (χ2n) is 3.99. The van der Waals surface area contributed by atoms with E-state index in [4.69, 9.17) is 4.74 Å². The number of aliphatic imine (C=N–C) groups is 1. The van der Waals surface area contributed by atoms with Crippen LogP contribution in [0.5, 0.6) is 0 Å². The molecule has 2 rings (SSSR count). The average molecular weight is 271 g/mol. The summed E-state index contributed by atoms with van der Waals surface area (Å²) in [4.78, 5) is 14.8. The summed E-state index contributed by atoms with van der Waals surface area (Å²) in [6, 6.07) is 15.2. The molecule has 0 radical (unpaired) electrons. The van der Waals surface area contributed by atoms with Gasteiger partial charge in [-0.25, -0.2) is 4.79 Å². The van der Waals surface area contributed by atoms with E-state index in [0.29, 0.717) is 18.9 Å². The normalized spacial score (nSPS) is 9.95. The van der Waals surface area contributed by atoms with E-state index >= 15 is 0 Å². The van der Waals surface area contributed by atoms with Crippen molar-refractivity contribution in [3.63, 3.8) is 0 Å². The Labute approximate surface area is 117 Å². The molecule has 0 unspecified atom stereocenters. The Morgan fingerprint density at radius 2 is 1.89 bits per heavy atom. The Morgan fingerprint density at radius 1 is 1.11 bits per heavy atom. The van der Waals surface area contributed by atoms with Gasteiger partial charge in [0.2, 0.25) is 6.08 Å². The van der Waals surface area contributed by atoms with Gasteiger partial charge in [0, 0.05) is 10.5 Å². The summed E-state index contributed by atoms with van der Waals surface area (Å²) in [6.45, 7) is 0.895. The van der Waals surface area contributed by atoms with Gasteiger partial charge in [-0.3, -0.25) is 0 Å². The number of hydrogen-bond donors (Lipinski definition) is 1. The van der Waals surface area contributed by atoms with E-state index in [1.807, 2.05) is 36.4 Å². The zero-order valence-corrected chi connectivity index (χ0v) is 11.1. The lowest BCUT2D eigenvalue weighted by atomic mass is 10.2. The van der Waals surface area contributed by atoms with Gasteiger partial charge in [-0.15, -0.1) is 12.6 Å². The number of benzene rings is 2. The van der Waals surface area contributed by atoms with Crippen LogP contribution in [0.1, 0.15) is 11.1 Å². The van der Waals surface area contributed by atoms with Crippen molar-refractivity contribution in [3.05, 3.63) is 59.7 Å². The smallest absolute Gasteiger partial charge is 0.240 e. The molecule has 0 saturated heterocycles. The average Bonchev–Trinajstić information content (AvgIpc) is 2.43. The molecule has 0 aliphatic rings. The van der Waals surface area contributed by atoms with Gasteiger partial charge in [0.15, 0.2) is 0 Å². The Bertz CT molecular complexity index is 592. The maximum Gasteiger partial charge on any atom is 0.240 e. The number of rotatable bonds is 5. The third kappa shape index (κ3) is 4.07. The maximum atomic E-state index is 10.4. The molecule has 0 atom stereocenters. The van der Waals surface area contributed by atoms with Gasteiger partial charge in [0.05, 0.1) is 18.9 Å². The standard InChI is InChI=1S/C15H13NO2S/c17-11-16-15-7-6-14(19)8-13(15)10-18-9-12-4-2-1-3-5-12/h1-8,19H,9-10H2. The minimum atomic E-state index is 0.379. The van der Waals surface area contributed by atoms with E-state index < -0.39 is 0 Å². The van der Waals surface area contributed by atoms with Crippen molar-refractivity contribution >= 4 is 24.4 Å². The van der Waals surface area contributed by atoms with Crippen molar-refractivity contribution in [2.45, 2.75) is 18.1 Å². The molecule has 0 fully saturated rings. The summed E-state index contributed by atoms with van der Waals surface area (Å²) in [5, 5.41) is 0. The van der Waals surface area contributed by atoms with Gasteiger partial charge < -0.3 is 4.74 Å². The van der Waals surface area contributed by atoms with E-state index in [9.17, 15) is 4.79 Å². The van der Waals surface area contributed by atoms with E-state index in [1.54, 1.807) is 18.2 Å². The summed E-state index contributed by atoms with van der Waals surface area (Å²) < 4.78 is 5.62. The molecule has 0 bridgehead atoms. The molecular formula is C15H13NO2S. The van der Waals surface area contributed by atoms with Crippen LogP contribution in [0.3, 0.4) is 0 Å². The highest BCUT2D eigenvalue weighted by Gasteiger charge is 2.03. The Balaban J connectivity index is 2.02. The highest BCUT2D eigenvalue weighted by Crippen LogP contribution is 2.23. The van der Waals surface area contributed by atoms with Crippen LogP contribution in [-0.4, -0.2) is 6.08 Å². The minimum Gasteiger partial charge on any atom is -0.372 e. The first kappa shape index (κ1) is 13.6. The van der Waals surface area contributed by atoms with E-state index in [-0.39, 0.29) is 0 Å². The second-order valence-corrected chi connectivity index (χ2v) is 4.51. The first-order valence-electron chi connectivity index (χ1n) is 5.81. The summed E-state index contributed by atoms with van der Waals surface area (Å²) in [5.74, 6) is 0. The molecule has 0 aliphatic heterocycles. The Hall–Kier alpha value is -1.87. The van der Waals surface area contributed by atoms with E-state index in [2.05, 4.69) is 17.6 Å². The van der Waals surface area contributed by atoms with Crippen LogP contribution in [0, 0.1) is 0 Å². The van der Waals surface area contributed by atoms with Crippen molar-refractivity contribution in [1.82, 2.24) is 0 Å². The van der Waals surface area contributed by atoms with Crippen LogP contribution in [0.15, 0.2) is 58.4 Å². The third-order valence-electron chi connectivity index (χ3n) is 2.60. The van der Waals surface area contributed by atoms with Crippen molar-refractivity contribution in [1.29, 1.82) is 0 Å². The summed E-state index contributed by atoms with van der Waals surface area (Å²) in [7, 11) is 0. The highest BCUT2D eigenvalue weighted by molar-refractivity contribution is 7.80. The van der Waals surface area contributed by atoms with E-state index in [0.717, 1.165) is 16.0 Å². The zero-order valence-electron chi connectivity index (χ0n) is 10.2. The van der Waals surface area contributed by atoms with Crippen molar-refractivity contribution < 1.29 is 9.53 Å². The zero-order chi connectivity index (χ0) is 13.5. The molecule has 0 heterocycles. The summed E-state index contributed by atoms with van der Waals surface area (Å²) >= 11 is 4.27. The number of ether oxygens (including phenoxy) is 1. The van der Waals surface area contributed by atoms with Crippen LogP contribution >= 0.6 is 12.6 Å². The third-order valence-corrected chi connectivity index (χ3v) is 2.88. The Morgan fingerprint density at radius 3 is 2.63 bits per heavy atom. The summed E-state index contributed by atoms with van der Waals surface area (Å²) in [5.41, 5.74) is 2.50. The van der Waals surface area contributed by atoms with Crippen LogP contribution in [0.2, 0.25) is 0 Å². The molecule has 3 nitrogen and oxygen atoms in total. The number of isocyanates is 1. The molecule has 19 heavy (non-hydrogen) atoms. The van der Waals surface area contributed by atoms with Gasteiger partial charge >= 0.3 is 0 Å². The van der Waals surface area contributed by atoms with Crippen LogP contribution in [0.4, 0.5) is 5.69 Å². The molecule has 0 aliphatic carbocycles. The van der Waals surface area contributed by atoms with Crippen molar-refractivity contribution in [2.75, 3.05) is 0 Å². The maximum absolute atomic E-state index is 10.4. The first-order valence-corrected chi connectivity index (χ1v) is 6.26. The number of thiol groups is 1. The lowest BCUT2D eigenvalue weighted by Gasteiger charge is -2.07. The minimum absolute atomic E-state index is 0.379. The van der Waals surface area contributed by atoms with Gasteiger partial charge in [-0.1, -0.05) is 30.3 Å². The molecule has 0 amide bonds. The lowest BCUT2D eigenvalue weighted by Crippen LogP contribution is -1.94. The molecule has 0 N–H and O–H groups in total. The molecule has 2 aromatic carbocycles. The topological polar surface area (TPSA) is 38.7 Å². The van der Waals surface area contributed by atoms with Crippen LogP contribution < -0.4 is 0 Å². The van der Waals surface area contributed by atoms with Gasteiger partial charge in [0.1, 0.15) is 0 Å². The lowest BCUT2D eigenvalue weighted by molar-refractivity contribution is 0.107. The van der Waals surface area contributed by atoms with Crippen LogP contribution in [0.25, 0.3) is 0 Å². The fourth-order valence-corrected chi connectivity index (χ4v) is 1.93. The van der Waals surface area contributed by atoms with E-state index in [1.165, 1.54) is 0 Å². The van der Waals surface area contributed by atoms with Gasteiger partial charge in [-0.2, -0.15) is 4.99 Å². The molecule has 4 heteroatoms. The number of carbonyl (C=O) groups excluding carboxylic acids is 1. The molecule has 0 spiro atoms. The quantitative estimate of drug-likeness (QED) is 0.512. The largest absolute Gasteiger partial charge is 0.372 e. The van der Waals surface area contributed by atoms with Crippen molar-refractivity contribution in [2.24, 2.45) is 4.99 Å². The SMILES string of the molecule is O=C=Nc1ccc(S)cc1COCc1ccccc1. The highest BCUT2D eigenvalue weighted by atomic mass is 32.1. The van der Waals surface area contributed by atoms with Gasteiger partial charge in [0.25, 0.3) is 0 Å². The van der Waals surface area contributed by atoms with Crippen LogP contribution in [-0.2, 0) is 22.7 Å². The molecular weight excluding hydrogens is 258 g/mol. The summed E-state index contributed by atoms with van der Waals surface area (Å²) in [6.07, 6.45) is 1.55. The number of hydrogen-bond acceptors (Lipinski definition) is 4. The predicted octanol–water partition coefficient (Wildman–Crippen LogP) is 3.66. The predicted molar refractivity (Wildman–Crippen MR) is 76.4 cm³/mol. The fraction of sp³-hybridized carbons (Fsp3) is 0.133. The first-order chi connectivity index (χ1) is 9.29. The number of nitrogens with zero attached hydrogens (tertiary/aromatic N) is 1. The molecule has 0 aromatic heterocycles. The molecule has 0 saturated carbocycles. The fourth-order valence-electron chi connectivity index (χ4n) is 1.70. The monoisotopic (exact) mass is 271 g/mol. The second kappa shape index (κ2) is 6.90. The Kier molecular flexibility index (Phi) is 4.93.